The first-order chi connectivity index (χ1) is 6.15. The fourth-order valence-electron chi connectivity index (χ4n) is 1.01. The molecular formula is C9H10O4. The Balaban J connectivity index is 3.04. The van der Waals surface area contributed by atoms with Crippen molar-refractivity contribution in [3.8, 4) is 5.75 Å². The molecule has 0 amide bonds. The fourth-order valence-corrected chi connectivity index (χ4v) is 1.01. The van der Waals surface area contributed by atoms with Crippen LogP contribution < -0.4 is 0 Å². The van der Waals surface area contributed by atoms with Gasteiger partial charge in [-0.1, -0.05) is 6.07 Å². The Morgan fingerprint density at radius 2 is 2.23 bits per heavy atom. The van der Waals surface area contributed by atoms with E-state index in [2.05, 4.69) is 0 Å². The van der Waals surface area contributed by atoms with Crippen LogP contribution >= 0.6 is 0 Å². The third kappa shape index (κ3) is 2.19. The van der Waals surface area contributed by atoms with Crippen LogP contribution in [-0.2, 0) is 11.3 Å². The first-order valence-electron chi connectivity index (χ1n) is 3.69. The van der Waals surface area contributed by atoms with E-state index in [-0.39, 0.29) is 11.3 Å². The zero-order chi connectivity index (χ0) is 9.84. The van der Waals surface area contributed by atoms with Gasteiger partial charge in [0.25, 0.3) is 0 Å². The van der Waals surface area contributed by atoms with Crippen LogP contribution in [0.15, 0.2) is 18.2 Å². The molecule has 0 fully saturated rings. The number of aromatic carboxylic acids is 1. The second-order valence-electron chi connectivity index (χ2n) is 2.59. The summed E-state index contributed by atoms with van der Waals surface area (Å²) in [7, 11) is 1.52. The average molecular weight is 182 g/mol. The van der Waals surface area contributed by atoms with Gasteiger partial charge in [0.05, 0.1) is 6.61 Å². The van der Waals surface area contributed by atoms with Crippen molar-refractivity contribution in [2.45, 2.75) is 6.61 Å². The molecule has 4 heteroatoms. The predicted octanol–water partition coefficient (Wildman–Crippen LogP) is 1.24. The molecule has 0 atom stereocenters. The molecule has 0 radical (unpaired) electrons. The van der Waals surface area contributed by atoms with E-state index in [1.54, 1.807) is 6.07 Å². The predicted molar refractivity (Wildman–Crippen MR) is 45.8 cm³/mol. The summed E-state index contributed by atoms with van der Waals surface area (Å²) in [5, 5.41) is 17.8. The van der Waals surface area contributed by atoms with Crippen molar-refractivity contribution < 1.29 is 19.7 Å². The minimum Gasteiger partial charge on any atom is -0.507 e. The van der Waals surface area contributed by atoms with Gasteiger partial charge in [-0.15, -0.1) is 0 Å². The third-order valence-electron chi connectivity index (χ3n) is 1.60. The molecule has 0 saturated heterocycles. The molecule has 0 saturated carbocycles. The number of hydrogen-bond donors (Lipinski definition) is 2. The summed E-state index contributed by atoms with van der Waals surface area (Å²) in [6.45, 7) is 0.334. The van der Waals surface area contributed by atoms with Crippen molar-refractivity contribution in [2.24, 2.45) is 0 Å². The minimum atomic E-state index is -1.14. The van der Waals surface area contributed by atoms with Crippen molar-refractivity contribution in [3.05, 3.63) is 29.3 Å². The Bertz CT molecular complexity index is 319. The Labute approximate surface area is 75.4 Å². The number of ether oxygens (including phenoxy) is 1. The zero-order valence-corrected chi connectivity index (χ0v) is 7.15. The number of phenols is 1. The molecule has 1 aromatic rings. The molecule has 4 nitrogen and oxygen atoms in total. The maximum atomic E-state index is 10.6. The molecule has 0 aliphatic heterocycles. The molecule has 0 spiro atoms. The van der Waals surface area contributed by atoms with E-state index >= 15 is 0 Å². The summed E-state index contributed by atoms with van der Waals surface area (Å²) in [6.07, 6.45) is 0. The Morgan fingerprint density at radius 1 is 1.54 bits per heavy atom. The summed E-state index contributed by atoms with van der Waals surface area (Å²) in [5.74, 6) is -1.37. The number of carbonyl (C=O) groups is 1. The van der Waals surface area contributed by atoms with Gasteiger partial charge in [-0.25, -0.2) is 4.79 Å². The largest absolute Gasteiger partial charge is 0.507 e. The fraction of sp³-hybridized carbons (Fsp3) is 0.222. The van der Waals surface area contributed by atoms with Crippen LogP contribution in [0.5, 0.6) is 5.75 Å². The molecule has 70 valence electrons. The lowest BCUT2D eigenvalue weighted by Crippen LogP contribution is -1.98. The van der Waals surface area contributed by atoms with Gasteiger partial charge in [0.15, 0.2) is 0 Å². The number of methoxy groups -OCH3 is 1. The number of aromatic hydroxyl groups is 1. The van der Waals surface area contributed by atoms with E-state index in [0.717, 1.165) is 5.56 Å². The quantitative estimate of drug-likeness (QED) is 0.737. The van der Waals surface area contributed by atoms with Crippen LogP contribution in [-0.4, -0.2) is 23.3 Å². The van der Waals surface area contributed by atoms with Gasteiger partial charge < -0.3 is 14.9 Å². The standard InChI is InChI=1S/C9H10O4/c1-13-5-6-2-3-8(10)7(4-6)9(11)12/h2-4,10H,5H2,1H3,(H,11,12). The summed E-state index contributed by atoms with van der Waals surface area (Å²) in [4.78, 5) is 10.6. The van der Waals surface area contributed by atoms with Gasteiger partial charge >= 0.3 is 5.97 Å². The highest BCUT2D eigenvalue weighted by atomic mass is 16.5. The highest BCUT2D eigenvalue weighted by molar-refractivity contribution is 5.90. The van der Waals surface area contributed by atoms with Gasteiger partial charge in [0, 0.05) is 7.11 Å². The number of hydrogen-bond acceptors (Lipinski definition) is 3. The van der Waals surface area contributed by atoms with Crippen LogP contribution in [0.1, 0.15) is 15.9 Å². The number of benzene rings is 1. The molecule has 0 unspecified atom stereocenters. The minimum absolute atomic E-state index is 0.102. The molecule has 1 aromatic carbocycles. The Morgan fingerprint density at radius 3 is 2.77 bits per heavy atom. The lowest BCUT2D eigenvalue weighted by atomic mass is 10.1. The summed E-state index contributed by atoms with van der Waals surface area (Å²) in [5.41, 5.74) is 0.618. The summed E-state index contributed by atoms with van der Waals surface area (Å²) >= 11 is 0. The molecule has 2 N–H and O–H groups in total. The number of rotatable bonds is 3. The van der Waals surface area contributed by atoms with Crippen LogP contribution in [0.4, 0.5) is 0 Å². The van der Waals surface area contributed by atoms with Crippen LogP contribution in [0.3, 0.4) is 0 Å². The Kier molecular flexibility index (Phi) is 2.87. The van der Waals surface area contributed by atoms with E-state index < -0.39 is 5.97 Å². The highest BCUT2D eigenvalue weighted by Crippen LogP contribution is 2.18. The lowest BCUT2D eigenvalue weighted by Gasteiger charge is -2.02. The normalized spacial score (nSPS) is 9.92. The SMILES string of the molecule is COCc1ccc(O)c(C(=O)O)c1. The van der Waals surface area contributed by atoms with Crippen molar-refractivity contribution in [1.82, 2.24) is 0 Å². The van der Waals surface area contributed by atoms with Gasteiger partial charge in [0.2, 0.25) is 0 Å². The molecule has 0 heterocycles. The van der Waals surface area contributed by atoms with Crippen molar-refractivity contribution in [3.63, 3.8) is 0 Å². The topological polar surface area (TPSA) is 66.8 Å². The zero-order valence-electron chi connectivity index (χ0n) is 7.15. The monoisotopic (exact) mass is 182 g/mol. The first kappa shape index (κ1) is 9.54. The lowest BCUT2D eigenvalue weighted by molar-refractivity contribution is 0.0693. The average Bonchev–Trinajstić information content (AvgIpc) is 2.08. The molecule has 0 aliphatic rings. The third-order valence-corrected chi connectivity index (χ3v) is 1.60. The van der Waals surface area contributed by atoms with E-state index in [0.29, 0.717) is 6.61 Å². The number of carboxylic acid groups (broad SMARTS) is 1. The van der Waals surface area contributed by atoms with Crippen molar-refractivity contribution in [1.29, 1.82) is 0 Å². The maximum absolute atomic E-state index is 10.6. The van der Waals surface area contributed by atoms with E-state index in [1.807, 2.05) is 0 Å². The van der Waals surface area contributed by atoms with Crippen molar-refractivity contribution in [2.75, 3.05) is 7.11 Å². The summed E-state index contributed by atoms with van der Waals surface area (Å²) in [6, 6.07) is 4.35. The molecule has 1 rings (SSSR count). The summed E-state index contributed by atoms with van der Waals surface area (Å²) < 4.78 is 4.83. The smallest absolute Gasteiger partial charge is 0.339 e. The highest BCUT2D eigenvalue weighted by Gasteiger charge is 2.09. The second kappa shape index (κ2) is 3.91. The van der Waals surface area contributed by atoms with Crippen LogP contribution in [0.2, 0.25) is 0 Å². The van der Waals surface area contributed by atoms with Crippen LogP contribution in [0.25, 0.3) is 0 Å². The van der Waals surface area contributed by atoms with E-state index in [1.165, 1.54) is 19.2 Å². The Hall–Kier alpha value is -1.55. The van der Waals surface area contributed by atoms with Gasteiger partial charge in [-0.05, 0) is 17.7 Å². The molecule has 0 bridgehead atoms. The van der Waals surface area contributed by atoms with Gasteiger partial charge in [-0.3, -0.25) is 0 Å². The maximum Gasteiger partial charge on any atom is 0.339 e. The van der Waals surface area contributed by atoms with E-state index in [4.69, 9.17) is 14.9 Å². The molecule has 13 heavy (non-hydrogen) atoms. The van der Waals surface area contributed by atoms with E-state index in [9.17, 15) is 4.79 Å². The van der Waals surface area contributed by atoms with Crippen LogP contribution in [0, 0.1) is 0 Å². The second-order valence-corrected chi connectivity index (χ2v) is 2.59. The first-order valence-corrected chi connectivity index (χ1v) is 3.69. The van der Waals surface area contributed by atoms with Gasteiger partial charge in [0.1, 0.15) is 11.3 Å². The molecular weight excluding hydrogens is 172 g/mol. The number of carboxylic acids is 1. The van der Waals surface area contributed by atoms with Gasteiger partial charge in [-0.2, -0.15) is 0 Å². The molecule has 0 aliphatic carbocycles. The van der Waals surface area contributed by atoms with Crippen molar-refractivity contribution >= 4 is 5.97 Å². The molecule has 0 aromatic heterocycles.